The molecule has 0 saturated heterocycles. The van der Waals surface area contributed by atoms with Gasteiger partial charge in [0.05, 0.1) is 0 Å². The van der Waals surface area contributed by atoms with Crippen molar-refractivity contribution in [3.05, 3.63) is 12.3 Å². The lowest BCUT2D eigenvalue weighted by Crippen LogP contribution is -2.28. The van der Waals surface area contributed by atoms with Crippen LogP contribution in [0.2, 0.25) is 0 Å². The Balaban J connectivity index is 2.31. The summed E-state index contributed by atoms with van der Waals surface area (Å²) in [5.74, 6) is 1.67. The lowest BCUT2D eigenvalue weighted by atomic mass is 9.81. The lowest BCUT2D eigenvalue weighted by Gasteiger charge is -2.29. The third-order valence-corrected chi connectivity index (χ3v) is 2.98. The van der Waals surface area contributed by atoms with Crippen LogP contribution in [0.5, 0.6) is 0 Å². The van der Waals surface area contributed by atoms with Crippen molar-refractivity contribution in [1.82, 2.24) is 5.32 Å². The smallest absolute Gasteiger partial charge is 0.0201 e. The summed E-state index contributed by atoms with van der Waals surface area (Å²) in [5.41, 5.74) is 1.27. The van der Waals surface area contributed by atoms with Crippen molar-refractivity contribution in [1.29, 1.82) is 0 Å². The van der Waals surface area contributed by atoms with Gasteiger partial charge in [-0.3, -0.25) is 0 Å². The second-order valence-electron chi connectivity index (χ2n) is 4.78. The van der Waals surface area contributed by atoms with Gasteiger partial charge in [-0.25, -0.2) is 0 Å². The molecule has 0 spiro atoms. The standard InChI is InChI=1S/C12H23N/c1-9(2)13-11(4)12-7-5-10(3)6-8-12/h9-10,12-13H,4-8H2,1-3H3. The third-order valence-electron chi connectivity index (χ3n) is 2.98. The Morgan fingerprint density at radius 1 is 1.23 bits per heavy atom. The van der Waals surface area contributed by atoms with Gasteiger partial charge in [0, 0.05) is 11.7 Å². The first-order valence-corrected chi connectivity index (χ1v) is 5.55. The minimum atomic E-state index is 0.534. The van der Waals surface area contributed by atoms with Gasteiger partial charge in [-0.2, -0.15) is 0 Å². The van der Waals surface area contributed by atoms with Gasteiger partial charge >= 0.3 is 0 Å². The number of rotatable bonds is 3. The van der Waals surface area contributed by atoms with Crippen LogP contribution in [-0.2, 0) is 0 Å². The topological polar surface area (TPSA) is 12.0 Å². The first-order chi connectivity index (χ1) is 6.09. The first kappa shape index (κ1) is 10.6. The highest BCUT2D eigenvalue weighted by Gasteiger charge is 2.20. The molecule has 1 heteroatoms. The molecule has 0 aromatic carbocycles. The maximum absolute atomic E-state index is 4.13. The van der Waals surface area contributed by atoms with E-state index in [2.05, 4.69) is 32.7 Å². The van der Waals surface area contributed by atoms with E-state index in [-0.39, 0.29) is 0 Å². The normalized spacial score (nSPS) is 28.9. The number of allylic oxidation sites excluding steroid dienone is 1. The molecule has 0 atom stereocenters. The molecule has 1 rings (SSSR count). The Morgan fingerprint density at radius 2 is 1.77 bits per heavy atom. The average Bonchev–Trinajstić information content (AvgIpc) is 2.04. The van der Waals surface area contributed by atoms with Gasteiger partial charge in [0.25, 0.3) is 0 Å². The summed E-state index contributed by atoms with van der Waals surface area (Å²) in [5, 5.41) is 3.43. The average molecular weight is 181 g/mol. The van der Waals surface area contributed by atoms with E-state index in [1.165, 1.54) is 31.4 Å². The van der Waals surface area contributed by atoms with Gasteiger partial charge in [-0.05, 0) is 38.5 Å². The van der Waals surface area contributed by atoms with Crippen LogP contribution in [0.15, 0.2) is 12.3 Å². The van der Waals surface area contributed by atoms with E-state index in [9.17, 15) is 0 Å². The van der Waals surface area contributed by atoms with Crippen molar-refractivity contribution < 1.29 is 0 Å². The number of hydrogen-bond acceptors (Lipinski definition) is 1. The van der Waals surface area contributed by atoms with E-state index in [0.29, 0.717) is 6.04 Å². The Bertz CT molecular complexity index is 164. The second kappa shape index (κ2) is 4.69. The fraction of sp³-hybridized carbons (Fsp3) is 0.833. The Hall–Kier alpha value is -0.460. The molecule has 1 aliphatic rings. The molecule has 0 heterocycles. The predicted octanol–water partition coefficient (Wildman–Crippen LogP) is 3.32. The Kier molecular flexibility index (Phi) is 3.83. The molecule has 0 unspecified atom stereocenters. The van der Waals surface area contributed by atoms with Crippen molar-refractivity contribution in [2.45, 2.75) is 52.5 Å². The summed E-state index contributed by atoms with van der Waals surface area (Å²) in [6.07, 6.45) is 5.42. The molecule has 1 N–H and O–H groups in total. The van der Waals surface area contributed by atoms with Crippen LogP contribution in [0.1, 0.15) is 46.5 Å². The molecular weight excluding hydrogens is 158 g/mol. The highest BCUT2D eigenvalue weighted by atomic mass is 14.9. The Morgan fingerprint density at radius 3 is 2.23 bits per heavy atom. The summed E-state index contributed by atoms with van der Waals surface area (Å²) in [6.45, 7) is 10.8. The van der Waals surface area contributed by atoms with Gasteiger partial charge in [0.1, 0.15) is 0 Å². The fourth-order valence-electron chi connectivity index (χ4n) is 2.10. The van der Waals surface area contributed by atoms with Crippen LogP contribution in [-0.4, -0.2) is 6.04 Å². The molecule has 1 saturated carbocycles. The molecule has 0 radical (unpaired) electrons. The summed E-state index contributed by atoms with van der Waals surface area (Å²) >= 11 is 0. The van der Waals surface area contributed by atoms with Gasteiger partial charge in [0.2, 0.25) is 0 Å². The third kappa shape index (κ3) is 3.41. The molecule has 0 amide bonds. The lowest BCUT2D eigenvalue weighted by molar-refractivity contribution is 0.309. The SMILES string of the molecule is C=C(NC(C)C)C1CCC(C)CC1. The van der Waals surface area contributed by atoms with Crippen LogP contribution in [0, 0.1) is 11.8 Å². The Labute approximate surface area is 82.6 Å². The van der Waals surface area contributed by atoms with Crippen molar-refractivity contribution >= 4 is 0 Å². The van der Waals surface area contributed by atoms with Crippen LogP contribution in [0.4, 0.5) is 0 Å². The zero-order chi connectivity index (χ0) is 9.84. The van der Waals surface area contributed by atoms with Crippen molar-refractivity contribution in [3.8, 4) is 0 Å². The minimum Gasteiger partial charge on any atom is -0.386 e. The minimum absolute atomic E-state index is 0.534. The van der Waals surface area contributed by atoms with E-state index in [1.54, 1.807) is 0 Å². The maximum Gasteiger partial charge on any atom is 0.0201 e. The van der Waals surface area contributed by atoms with Gasteiger partial charge in [-0.1, -0.05) is 26.3 Å². The molecule has 0 aliphatic heterocycles. The molecule has 0 aromatic rings. The molecular formula is C12H23N. The molecule has 0 aromatic heterocycles. The van der Waals surface area contributed by atoms with Crippen LogP contribution >= 0.6 is 0 Å². The van der Waals surface area contributed by atoms with Crippen LogP contribution in [0.3, 0.4) is 0 Å². The van der Waals surface area contributed by atoms with Crippen LogP contribution < -0.4 is 5.32 Å². The summed E-state index contributed by atoms with van der Waals surface area (Å²) in [4.78, 5) is 0. The summed E-state index contributed by atoms with van der Waals surface area (Å²) < 4.78 is 0. The molecule has 13 heavy (non-hydrogen) atoms. The van der Waals surface area contributed by atoms with Crippen molar-refractivity contribution in [2.75, 3.05) is 0 Å². The number of nitrogens with one attached hydrogen (secondary N) is 1. The van der Waals surface area contributed by atoms with Gasteiger partial charge < -0.3 is 5.32 Å². The summed E-state index contributed by atoms with van der Waals surface area (Å²) in [6, 6.07) is 0.534. The monoisotopic (exact) mass is 181 g/mol. The quantitative estimate of drug-likeness (QED) is 0.704. The van der Waals surface area contributed by atoms with E-state index in [4.69, 9.17) is 0 Å². The largest absolute Gasteiger partial charge is 0.386 e. The predicted molar refractivity (Wildman–Crippen MR) is 58.5 cm³/mol. The molecule has 1 nitrogen and oxygen atoms in total. The van der Waals surface area contributed by atoms with E-state index >= 15 is 0 Å². The van der Waals surface area contributed by atoms with Gasteiger partial charge in [-0.15, -0.1) is 0 Å². The summed E-state index contributed by atoms with van der Waals surface area (Å²) in [7, 11) is 0. The second-order valence-corrected chi connectivity index (χ2v) is 4.78. The maximum atomic E-state index is 4.13. The molecule has 1 aliphatic carbocycles. The van der Waals surface area contributed by atoms with E-state index in [0.717, 1.165) is 11.8 Å². The van der Waals surface area contributed by atoms with E-state index in [1.807, 2.05) is 0 Å². The first-order valence-electron chi connectivity index (χ1n) is 5.55. The van der Waals surface area contributed by atoms with Crippen LogP contribution in [0.25, 0.3) is 0 Å². The van der Waals surface area contributed by atoms with Gasteiger partial charge in [0.15, 0.2) is 0 Å². The molecule has 0 bridgehead atoms. The van der Waals surface area contributed by atoms with Crippen molar-refractivity contribution in [3.63, 3.8) is 0 Å². The highest BCUT2D eigenvalue weighted by Crippen LogP contribution is 2.31. The molecule has 76 valence electrons. The highest BCUT2D eigenvalue weighted by molar-refractivity contribution is 5.00. The van der Waals surface area contributed by atoms with E-state index < -0.39 is 0 Å². The fourth-order valence-corrected chi connectivity index (χ4v) is 2.10. The zero-order valence-corrected chi connectivity index (χ0v) is 9.27. The van der Waals surface area contributed by atoms with Crippen molar-refractivity contribution in [2.24, 2.45) is 11.8 Å². The zero-order valence-electron chi connectivity index (χ0n) is 9.27. The molecule has 1 fully saturated rings. The number of hydrogen-bond donors (Lipinski definition) is 1.